The lowest BCUT2D eigenvalue weighted by molar-refractivity contribution is 0.0935. The molecule has 4 nitrogen and oxygen atoms in total. The Bertz CT molecular complexity index is 391. The average Bonchev–Trinajstić information content (AvgIpc) is 2.36. The first-order valence-electron chi connectivity index (χ1n) is 5.76. The summed E-state index contributed by atoms with van der Waals surface area (Å²) < 4.78 is 0. The van der Waals surface area contributed by atoms with E-state index >= 15 is 0 Å². The molecule has 17 heavy (non-hydrogen) atoms. The highest BCUT2D eigenvalue weighted by molar-refractivity contribution is 6.33. The molecular formula is C12H18ClN3O. The maximum atomic E-state index is 12.0. The highest BCUT2D eigenvalue weighted by Crippen LogP contribution is 2.18. The number of amides is 1. The van der Waals surface area contributed by atoms with Crippen LogP contribution in [0.1, 0.15) is 37.0 Å². The molecule has 1 rings (SSSR count). The molecule has 94 valence electrons. The minimum Gasteiger partial charge on any atom is -0.373 e. The van der Waals surface area contributed by atoms with E-state index in [1.165, 1.54) is 6.20 Å². The van der Waals surface area contributed by atoms with Crippen LogP contribution in [0.2, 0.25) is 5.02 Å². The fourth-order valence-corrected chi connectivity index (χ4v) is 1.69. The molecule has 0 atom stereocenters. The van der Waals surface area contributed by atoms with Crippen LogP contribution < -0.4 is 10.6 Å². The van der Waals surface area contributed by atoms with Gasteiger partial charge in [-0.2, -0.15) is 0 Å². The van der Waals surface area contributed by atoms with Gasteiger partial charge in [0.15, 0.2) is 0 Å². The second-order valence-corrected chi connectivity index (χ2v) is 4.19. The Morgan fingerprint density at radius 2 is 2.12 bits per heavy atom. The monoisotopic (exact) mass is 255 g/mol. The highest BCUT2D eigenvalue weighted by Gasteiger charge is 2.14. The third kappa shape index (κ3) is 3.60. The number of carbonyl (C=O) groups excluding carboxylic acids is 1. The first-order valence-corrected chi connectivity index (χ1v) is 6.14. The van der Waals surface area contributed by atoms with Gasteiger partial charge in [0.25, 0.3) is 5.91 Å². The van der Waals surface area contributed by atoms with Gasteiger partial charge in [-0.3, -0.25) is 4.79 Å². The number of rotatable bonds is 5. The van der Waals surface area contributed by atoms with E-state index in [2.05, 4.69) is 15.6 Å². The summed E-state index contributed by atoms with van der Waals surface area (Å²) in [6.07, 6.45) is 3.29. The number of anilines is 1. The number of aromatic nitrogens is 1. The van der Waals surface area contributed by atoms with E-state index in [1.807, 2.05) is 13.8 Å². The molecule has 1 amide bonds. The Hall–Kier alpha value is -1.29. The van der Waals surface area contributed by atoms with Crippen molar-refractivity contribution in [3.05, 3.63) is 22.8 Å². The molecule has 5 heteroatoms. The minimum absolute atomic E-state index is 0.150. The van der Waals surface area contributed by atoms with Crippen molar-refractivity contribution in [2.24, 2.45) is 0 Å². The summed E-state index contributed by atoms with van der Waals surface area (Å²) >= 11 is 5.97. The molecule has 0 aromatic carbocycles. The van der Waals surface area contributed by atoms with Gasteiger partial charge in [-0.05, 0) is 18.9 Å². The second kappa shape index (κ2) is 6.45. The third-order valence-corrected chi connectivity index (χ3v) is 2.98. The quantitative estimate of drug-likeness (QED) is 0.851. The molecule has 0 aliphatic heterocycles. The van der Waals surface area contributed by atoms with Crippen LogP contribution in [0.5, 0.6) is 0 Å². The van der Waals surface area contributed by atoms with Gasteiger partial charge in [0.05, 0.1) is 10.6 Å². The van der Waals surface area contributed by atoms with Crippen LogP contribution in [0.25, 0.3) is 0 Å². The van der Waals surface area contributed by atoms with Crippen molar-refractivity contribution in [2.75, 3.05) is 12.4 Å². The molecule has 0 saturated carbocycles. The van der Waals surface area contributed by atoms with Crippen molar-refractivity contribution < 1.29 is 4.79 Å². The molecule has 0 spiro atoms. The molecule has 0 radical (unpaired) electrons. The first-order chi connectivity index (χ1) is 8.12. The third-order valence-electron chi connectivity index (χ3n) is 2.68. The first kappa shape index (κ1) is 13.8. The van der Waals surface area contributed by atoms with Crippen LogP contribution in [0, 0.1) is 0 Å². The van der Waals surface area contributed by atoms with E-state index in [4.69, 9.17) is 11.6 Å². The van der Waals surface area contributed by atoms with Crippen LogP contribution in [0.3, 0.4) is 0 Å². The summed E-state index contributed by atoms with van der Waals surface area (Å²) in [5.41, 5.74) is 0.456. The predicted octanol–water partition coefficient (Wildman–Crippen LogP) is 2.70. The molecule has 0 unspecified atom stereocenters. The van der Waals surface area contributed by atoms with E-state index in [1.54, 1.807) is 13.1 Å². The van der Waals surface area contributed by atoms with Gasteiger partial charge in [-0.1, -0.05) is 25.4 Å². The molecule has 0 aliphatic rings. The van der Waals surface area contributed by atoms with Crippen LogP contribution in [-0.2, 0) is 0 Å². The van der Waals surface area contributed by atoms with E-state index < -0.39 is 0 Å². The fraction of sp³-hybridized carbons (Fsp3) is 0.500. The summed E-state index contributed by atoms with van der Waals surface area (Å²) in [5.74, 6) is 0.478. The van der Waals surface area contributed by atoms with Crippen LogP contribution >= 0.6 is 11.6 Å². The normalized spacial score (nSPS) is 10.4. The van der Waals surface area contributed by atoms with Gasteiger partial charge in [0.1, 0.15) is 5.82 Å². The van der Waals surface area contributed by atoms with Crippen molar-refractivity contribution in [3.8, 4) is 0 Å². The Morgan fingerprint density at radius 1 is 1.47 bits per heavy atom. The highest BCUT2D eigenvalue weighted by atomic mass is 35.5. The van der Waals surface area contributed by atoms with Crippen molar-refractivity contribution in [1.82, 2.24) is 10.3 Å². The van der Waals surface area contributed by atoms with E-state index in [-0.39, 0.29) is 11.9 Å². The average molecular weight is 256 g/mol. The van der Waals surface area contributed by atoms with E-state index in [0.29, 0.717) is 16.4 Å². The number of nitrogens with zero attached hydrogens (tertiary/aromatic N) is 1. The Labute approximate surface area is 107 Å². The number of carbonyl (C=O) groups is 1. The summed E-state index contributed by atoms with van der Waals surface area (Å²) in [6, 6.07) is 1.84. The predicted molar refractivity (Wildman–Crippen MR) is 70.6 cm³/mol. The van der Waals surface area contributed by atoms with Gasteiger partial charge in [0.2, 0.25) is 0 Å². The molecule has 0 aliphatic carbocycles. The van der Waals surface area contributed by atoms with Crippen molar-refractivity contribution >= 4 is 23.3 Å². The minimum atomic E-state index is -0.150. The maximum Gasteiger partial charge on any atom is 0.253 e. The summed E-state index contributed by atoms with van der Waals surface area (Å²) in [5, 5.41) is 6.19. The van der Waals surface area contributed by atoms with Gasteiger partial charge in [-0.25, -0.2) is 4.98 Å². The van der Waals surface area contributed by atoms with Crippen molar-refractivity contribution in [2.45, 2.75) is 32.7 Å². The molecular weight excluding hydrogens is 238 g/mol. The van der Waals surface area contributed by atoms with E-state index in [9.17, 15) is 4.79 Å². The van der Waals surface area contributed by atoms with Gasteiger partial charge < -0.3 is 10.6 Å². The summed E-state index contributed by atoms with van der Waals surface area (Å²) in [7, 11) is 1.75. The number of nitrogens with one attached hydrogen (secondary N) is 2. The fourth-order valence-electron chi connectivity index (χ4n) is 1.51. The lowest BCUT2D eigenvalue weighted by Gasteiger charge is -2.15. The Morgan fingerprint density at radius 3 is 2.65 bits per heavy atom. The maximum absolute atomic E-state index is 12.0. The molecule has 1 heterocycles. The number of hydrogen-bond donors (Lipinski definition) is 2. The Balaban J connectivity index is 2.87. The lowest BCUT2D eigenvalue weighted by Crippen LogP contribution is -2.34. The standard InChI is InChI=1S/C12H18ClN3O/c1-4-8(5-2)16-12(17)9-6-11(14-3)15-7-10(9)13/h6-8H,4-5H2,1-3H3,(H,14,15)(H,16,17). The SMILES string of the molecule is CCC(CC)NC(=O)c1cc(NC)ncc1Cl. The topological polar surface area (TPSA) is 54.0 Å². The second-order valence-electron chi connectivity index (χ2n) is 3.79. The van der Waals surface area contributed by atoms with Gasteiger partial charge >= 0.3 is 0 Å². The number of hydrogen-bond acceptors (Lipinski definition) is 3. The molecule has 0 saturated heterocycles. The van der Waals surface area contributed by atoms with Gasteiger partial charge in [0, 0.05) is 19.3 Å². The molecule has 1 aromatic rings. The number of pyridine rings is 1. The van der Waals surface area contributed by atoms with E-state index in [0.717, 1.165) is 12.8 Å². The lowest BCUT2D eigenvalue weighted by atomic mass is 10.1. The number of halogens is 1. The smallest absolute Gasteiger partial charge is 0.253 e. The summed E-state index contributed by atoms with van der Waals surface area (Å²) in [6.45, 7) is 4.09. The van der Waals surface area contributed by atoms with Crippen LogP contribution in [0.4, 0.5) is 5.82 Å². The van der Waals surface area contributed by atoms with Crippen molar-refractivity contribution in [3.63, 3.8) is 0 Å². The zero-order chi connectivity index (χ0) is 12.8. The molecule has 2 N–H and O–H groups in total. The van der Waals surface area contributed by atoms with Crippen LogP contribution in [0.15, 0.2) is 12.3 Å². The summed E-state index contributed by atoms with van der Waals surface area (Å²) in [4.78, 5) is 16.0. The Kier molecular flexibility index (Phi) is 5.22. The zero-order valence-corrected chi connectivity index (χ0v) is 11.1. The largest absolute Gasteiger partial charge is 0.373 e. The van der Waals surface area contributed by atoms with Gasteiger partial charge in [-0.15, -0.1) is 0 Å². The van der Waals surface area contributed by atoms with Crippen molar-refractivity contribution in [1.29, 1.82) is 0 Å². The molecule has 1 aromatic heterocycles. The zero-order valence-electron chi connectivity index (χ0n) is 10.4. The molecule has 0 fully saturated rings. The molecule has 0 bridgehead atoms. The van der Waals surface area contributed by atoms with Crippen LogP contribution in [-0.4, -0.2) is 24.0 Å².